The van der Waals surface area contributed by atoms with Crippen LogP contribution in [0.15, 0.2) is 30.6 Å². The minimum Gasteiger partial charge on any atom is -0.710 e. The van der Waals surface area contributed by atoms with E-state index in [0.29, 0.717) is 20.5 Å². The van der Waals surface area contributed by atoms with Gasteiger partial charge >= 0.3 is 0 Å². The standard InChI is InChI=1S/C7H5N2O2/c10-8-5-9(11)7-4-2-1-3-6(7)8/h1-5H. The molecule has 4 nitrogen and oxygen atoms in total. The first-order chi connectivity index (χ1) is 5.29. The Morgan fingerprint density at radius 3 is 2.82 bits per heavy atom. The average Bonchev–Trinajstić information content (AvgIpc) is 2.30. The van der Waals surface area contributed by atoms with Gasteiger partial charge in [0.2, 0.25) is 5.52 Å². The van der Waals surface area contributed by atoms with Crippen LogP contribution in [-0.2, 0) is 5.21 Å². The number of rotatable bonds is 0. The highest BCUT2D eigenvalue weighted by Gasteiger charge is 2.09. The molecule has 1 radical (unpaired) electrons. The van der Waals surface area contributed by atoms with Gasteiger partial charge < -0.3 is 5.21 Å². The predicted octanol–water partition coefficient (Wildman–Crippen LogP) is 0.468. The van der Waals surface area contributed by atoms with Crippen molar-refractivity contribution in [3.8, 4) is 0 Å². The quantitative estimate of drug-likeness (QED) is 0.396. The Balaban J connectivity index is 2.95. The molecule has 1 aromatic heterocycles. The van der Waals surface area contributed by atoms with E-state index in [-0.39, 0.29) is 0 Å². The smallest absolute Gasteiger partial charge is 0.293 e. The van der Waals surface area contributed by atoms with Gasteiger partial charge in [0.15, 0.2) is 5.52 Å². The molecule has 0 saturated carbocycles. The molecule has 1 aromatic carbocycles. The topological polar surface area (TPSA) is 51.8 Å². The summed E-state index contributed by atoms with van der Waals surface area (Å²) in [6.07, 6.45) is 0.963. The number of para-hydroxylation sites is 2. The fraction of sp³-hybridized carbons (Fsp3) is 0. The van der Waals surface area contributed by atoms with Gasteiger partial charge in [-0.2, -0.15) is 0 Å². The molecule has 0 aliphatic rings. The maximum atomic E-state index is 10.9. The Hall–Kier alpha value is -1.71. The van der Waals surface area contributed by atoms with Crippen LogP contribution >= 0.6 is 0 Å². The summed E-state index contributed by atoms with van der Waals surface area (Å²) in [6, 6.07) is 6.65. The van der Waals surface area contributed by atoms with Crippen molar-refractivity contribution in [3.63, 3.8) is 0 Å². The van der Waals surface area contributed by atoms with Crippen LogP contribution in [0.4, 0.5) is 0 Å². The second kappa shape index (κ2) is 1.88. The van der Waals surface area contributed by atoms with E-state index in [9.17, 15) is 10.4 Å². The van der Waals surface area contributed by atoms with Crippen LogP contribution < -0.4 is 4.73 Å². The van der Waals surface area contributed by atoms with Crippen molar-refractivity contribution >= 4 is 11.0 Å². The third-order valence-electron chi connectivity index (χ3n) is 1.57. The Labute approximate surface area is 62.5 Å². The number of aromatic nitrogens is 2. The zero-order valence-corrected chi connectivity index (χ0v) is 5.60. The fourth-order valence-electron chi connectivity index (χ4n) is 1.06. The molecule has 0 amide bonds. The molecule has 55 valence electrons. The van der Waals surface area contributed by atoms with Crippen LogP contribution in [0.5, 0.6) is 0 Å². The lowest BCUT2D eigenvalue weighted by Gasteiger charge is -1.92. The van der Waals surface area contributed by atoms with E-state index in [0.717, 1.165) is 6.33 Å². The molecule has 4 heteroatoms. The summed E-state index contributed by atoms with van der Waals surface area (Å²) in [5.74, 6) is 0. The normalized spacial score (nSPS) is 10.5. The van der Waals surface area contributed by atoms with Gasteiger partial charge in [0, 0.05) is 4.73 Å². The van der Waals surface area contributed by atoms with Crippen molar-refractivity contribution in [2.24, 2.45) is 0 Å². The molecular weight excluding hydrogens is 144 g/mol. The van der Waals surface area contributed by atoms with Gasteiger partial charge in [0.25, 0.3) is 6.33 Å². The Kier molecular flexibility index (Phi) is 1.03. The molecule has 1 heterocycles. The van der Waals surface area contributed by atoms with Crippen LogP contribution in [0.25, 0.3) is 11.0 Å². The van der Waals surface area contributed by atoms with Crippen LogP contribution in [0.1, 0.15) is 0 Å². The average molecular weight is 149 g/mol. The lowest BCUT2D eigenvalue weighted by molar-refractivity contribution is -0.580. The van der Waals surface area contributed by atoms with Gasteiger partial charge in [-0.05, 0) is 12.1 Å². The molecule has 0 bridgehead atoms. The van der Waals surface area contributed by atoms with Crippen LogP contribution in [-0.4, -0.2) is 4.73 Å². The van der Waals surface area contributed by atoms with E-state index in [2.05, 4.69) is 0 Å². The summed E-state index contributed by atoms with van der Waals surface area (Å²) in [7, 11) is 0. The monoisotopic (exact) mass is 149 g/mol. The van der Waals surface area contributed by atoms with Gasteiger partial charge in [0.1, 0.15) is 0 Å². The second-order valence-corrected chi connectivity index (χ2v) is 2.26. The molecule has 0 unspecified atom stereocenters. The number of fused-ring (bicyclic) bond motifs is 1. The van der Waals surface area contributed by atoms with Gasteiger partial charge in [-0.15, -0.1) is 0 Å². The fourth-order valence-corrected chi connectivity index (χ4v) is 1.06. The molecule has 0 N–H and O–H groups in total. The molecule has 0 aliphatic carbocycles. The molecular formula is C7H5N2O2. The van der Waals surface area contributed by atoms with Crippen molar-refractivity contribution < 1.29 is 9.94 Å². The minimum absolute atomic E-state index is 0.405. The van der Waals surface area contributed by atoms with Gasteiger partial charge in [-0.3, -0.25) is 0 Å². The molecule has 0 spiro atoms. The summed E-state index contributed by atoms with van der Waals surface area (Å²) >= 11 is 0. The van der Waals surface area contributed by atoms with Crippen LogP contribution in [0, 0.1) is 5.21 Å². The summed E-state index contributed by atoms with van der Waals surface area (Å²) < 4.78 is 1.12. The molecule has 0 aliphatic heterocycles. The van der Waals surface area contributed by atoms with Crippen molar-refractivity contribution in [1.29, 1.82) is 0 Å². The third-order valence-corrected chi connectivity index (χ3v) is 1.57. The molecule has 2 aromatic rings. The van der Waals surface area contributed by atoms with Crippen molar-refractivity contribution in [1.82, 2.24) is 4.73 Å². The Morgan fingerprint density at radius 1 is 1.36 bits per heavy atom. The number of nitrogens with zero attached hydrogens (tertiary/aromatic N) is 2. The number of hydrogen-bond donors (Lipinski definition) is 0. The summed E-state index contributed by atoms with van der Waals surface area (Å²) in [5, 5.41) is 21.8. The lowest BCUT2D eigenvalue weighted by Crippen LogP contribution is -2.22. The highest BCUT2D eigenvalue weighted by molar-refractivity contribution is 5.71. The van der Waals surface area contributed by atoms with Crippen LogP contribution in [0.2, 0.25) is 0 Å². The van der Waals surface area contributed by atoms with E-state index in [1.165, 1.54) is 0 Å². The van der Waals surface area contributed by atoms with E-state index in [1.54, 1.807) is 24.3 Å². The highest BCUT2D eigenvalue weighted by Crippen LogP contribution is 2.07. The zero-order chi connectivity index (χ0) is 7.84. The minimum atomic E-state index is 0.405. The van der Waals surface area contributed by atoms with Crippen molar-refractivity contribution in [3.05, 3.63) is 35.8 Å². The SMILES string of the molecule is [O]n1c[n+]([O-])c2ccccc21. The Morgan fingerprint density at radius 2 is 2.09 bits per heavy atom. The molecule has 0 saturated heterocycles. The van der Waals surface area contributed by atoms with E-state index >= 15 is 0 Å². The summed E-state index contributed by atoms with van der Waals surface area (Å²) in [4.78, 5) is 0. The van der Waals surface area contributed by atoms with E-state index < -0.39 is 0 Å². The highest BCUT2D eigenvalue weighted by atomic mass is 16.5. The third kappa shape index (κ3) is 0.724. The first kappa shape index (κ1) is 6.03. The van der Waals surface area contributed by atoms with E-state index in [4.69, 9.17) is 0 Å². The zero-order valence-electron chi connectivity index (χ0n) is 5.60. The summed E-state index contributed by atoms with van der Waals surface area (Å²) in [6.45, 7) is 0. The van der Waals surface area contributed by atoms with Crippen LogP contribution in [0.3, 0.4) is 0 Å². The number of benzene rings is 1. The largest absolute Gasteiger partial charge is 0.710 e. The van der Waals surface area contributed by atoms with Gasteiger partial charge in [0.05, 0.1) is 0 Å². The number of hydrogen-bond acceptors (Lipinski definition) is 1. The molecule has 11 heavy (non-hydrogen) atoms. The van der Waals surface area contributed by atoms with E-state index in [1.807, 2.05) is 0 Å². The van der Waals surface area contributed by atoms with Gasteiger partial charge in [-0.1, -0.05) is 17.3 Å². The first-order valence-electron chi connectivity index (χ1n) is 3.16. The summed E-state index contributed by atoms with van der Waals surface area (Å²) in [5.41, 5.74) is 0.810. The predicted molar refractivity (Wildman–Crippen MR) is 37.0 cm³/mol. The molecule has 0 atom stereocenters. The van der Waals surface area contributed by atoms with Gasteiger partial charge in [-0.25, -0.2) is 4.73 Å². The second-order valence-electron chi connectivity index (χ2n) is 2.26. The van der Waals surface area contributed by atoms with Crippen molar-refractivity contribution in [2.75, 3.05) is 0 Å². The maximum Gasteiger partial charge on any atom is 0.293 e. The van der Waals surface area contributed by atoms with Crippen molar-refractivity contribution in [2.45, 2.75) is 0 Å². The maximum absolute atomic E-state index is 10.9. The lowest BCUT2D eigenvalue weighted by atomic mass is 10.3. The molecule has 2 rings (SSSR count). The first-order valence-corrected chi connectivity index (χ1v) is 3.16. The Bertz CT molecular complexity index is 358. The number of imidazole rings is 1. The molecule has 0 fully saturated rings.